The van der Waals surface area contributed by atoms with E-state index in [0.29, 0.717) is 12.8 Å². The lowest BCUT2D eigenvalue weighted by Gasteiger charge is -2.22. The Morgan fingerprint density at radius 3 is 2.45 bits per heavy atom. The van der Waals surface area contributed by atoms with Crippen molar-refractivity contribution in [3.8, 4) is 11.5 Å². The van der Waals surface area contributed by atoms with Crippen LogP contribution in [0.4, 0.5) is 18.9 Å². The summed E-state index contributed by atoms with van der Waals surface area (Å²) >= 11 is 5.80. The molecule has 33 heavy (non-hydrogen) atoms. The molecule has 0 atom stereocenters. The fourth-order valence-electron chi connectivity index (χ4n) is 3.59. The molecule has 0 radical (unpaired) electrons. The maximum atomic E-state index is 13.1. The zero-order valence-corrected chi connectivity index (χ0v) is 19.3. The van der Waals surface area contributed by atoms with Crippen LogP contribution in [0.1, 0.15) is 54.9 Å². The highest BCUT2D eigenvalue weighted by Gasteiger charge is 2.32. The van der Waals surface area contributed by atoms with Crippen LogP contribution in [0, 0.1) is 0 Å². The molecule has 0 bridgehead atoms. The number of rotatable bonds is 7. The molecule has 0 aromatic heterocycles. The van der Waals surface area contributed by atoms with Crippen molar-refractivity contribution < 1.29 is 35.9 Å². The van der Waals surface area contributed by atoms with Crippen molar-refractivity contribution in [1.29, 1.82) is 0 Å². The fourth-order valence-corrected chi connectivity index (χ4v) is 5.39. The average Bonchev–Trinajstić information content (AvgIpc) is 2.74. The van der Waals surface area contributed by atoms with E-state index in [1.54, 1.807) is 6.92 Å². The van der Waals surface area contributed by atoms with Crippen LogP contribution in [0.3, 0.4) is 0 Å². The number of halogens is 4. The molecule has 2 aromatic rings. The predicted molar refractivity (Wildman–Crippen MR) is 118 cm³/mol. The number of benzene rings is 2. The molecule has 0 spiro atoms. The smallest absolute Gasteiger partial charge is 0.416 e. The van der Waals surface area contributed by atoms with Crippen LogP contribution in [0.5, 0.6) is 11.5 Å². The number of anilines is 1. The van der Waals surface area contributed by atoms with Crippen LogP contribution in [0.15, 0.2) is 36.4 Å². The van der Waals surface area contributed by atoms with Crippen LogP contribution in [0.2, 0.25) is 5.02 Å². The van der Waals surface area contributed by atoms with E-state index >= 15 is 0 Å². The first-order valence-corrected chi connectivity index (χ1v) is 12.3. The van der Waals surface area contributed by atoms with Crippen molar-refractivity contribution in [3.63, 3.8) is 0 Å². The minimum absolute atomic E-state index is 0.0334. The number of hydrogen-bond donors (Lipinski definition) is 1. The molecule has 0 amide bonds. The highest BCUT2D eigenvalue weighted by molar-refractivity contribution is 7.93. The Kier molecular flexibility index (Phi) is 7.79. The first kappa shape index (κ1) is 25.2. The highest BCUT2D eigenvalue weighted by Crippen LogP contribution is 2.37. The lowest BCUT2D eigenvalue weighted by Crippen LogP contribution is -2.29. The van der Waals surface area contributed by atoms with Crippen molar-refractivity contribution in [3.05, 3.63) is 52.5 Å². The van der Waals surface area contributed by atoms with E-state index in [1.165, 1.54) is 24.3 Å². The number of carbonyl (C=O) groups excluding carboxylic acids is 1. The van der Waals surface area contributed by atoms with Gasteiger partial charge < -0.3 is 9.47 Å². The number of sulfonamides is 1. The third kappa shape index (κ3) is 6.54. The number of ether oxygens (including phenoxy) is 2. The molecule has 1 aliphatic rings. The normalized spacial score (nSPS) is 15.2. The summed E-state index contributed by atoms with van der Waals surface area (Å²) in [6, 6.07) is 6.57. The summed E-state index contributed by atoms with van der Waals surface area (Å²) in [5.74, 6) is -1.16. The van der Waals surface area contributed by atoms with Gasteiger partial charge in [-0.25, -0.2) is 13.2 Å². The minimum atomic E-state index is -4.64. The maximum Gasteiger partial charge on any atom is 0.416 e. The van der Waals surface area contributed by atoms with Crippen LogP contribution < -0.4 is 9.46 Å². The molecule has 0 aliphatic heterocycles. The van der Waals surface area contributed by atoms with Gasteiger partial charge in [-0.15, -0.1) is 0 Å². The van der Waals surface area contributed by atoms with Gasteiger partial charge in [0.2, 0.25) is 10.0 Å². The van der Waals surface area contributed by atoms with E-state index in [4.69, 9.17) is 21.1 Å². The van der Waals surface area contributed by atoms with Crippen molar-refractivity contribution in [2.45, 2.75) is 50.5 Å². The Labute approximate surface area is 195 Å². The Morgan fingerprint density at radius 1 is 1.12 bits per heavy atom. The molecule has 0 saturated heterocycles. The molecule has 11 heteroatoms. The predicted octanol–water partition coefficient (Wildman–Crippen LogP) is 6.40. The molecule has 2 aromatic carbocycles. The molecule has 1 N–H and O–H groups in total. The summed E-state index contributed by atoms with van der Waals surface area (Å²) in [7, 11) is -3.68. The molecule has 0 unspecified atom stereocenters. The van der Waals surface area contributed by atoms with Gasteiger partial charge in [0.05, 0.1) is 17.4 Å². The molecule has 6 nitrogen and oxygen atoms in total. The van der Waals surface area contributed by atoms with Gasteiger partial charge in [0.15, 0.2) is 0 Å². The molecule has 1 fully saturated rings. The topological polar surface area (TPSA) is 81.7 Å². The molecule has 3 rings (SSSR count). The average molecular weight is 506 g/mol. The second kappa shape index (κ2) is 10.2. The van der Waals surface area contributed by atoms with Crippen molar-refractivity contribution in [1.82, 2.24) is 0 Å². The van der Waals surface area contributed by atoms with Crippen molar-refractivity contribution >= 4 is 33.3 Å². The van der Waals surface area contributed by atoms with Gasteiger partial charge in [-0.3, -0.25) is 4.72 Å². The highest BCUT2D eigenvalue weighted by atomic mass is 35.5. The molecular formula is C22H23ClF3NO5S. The SMILES string of the molecule is CCOC(=O)c1cc(NS(=O)(=O)C2CCCCC2)ccc1Oc1cc(Cl)cc(C(F)(F)F)c1. The van der Waals surface area contributed by atoms with E-state index in [9.17, 15) is 26.4 Å². The third-order valence-electron chi connectivity index (χ3n) is 5.15. The molecule has 0 heterocycles. The number of carbonyl (C=O) groups is 1. The second-order valence-electron chi connectivity index (χ2n) is 7.61. The number of esters is 1. The largest absolute Gasteiger partial charge is 0.462 e. The standard InChI is InChI=1S/C22H23ClF3NO5S/c1-2-31-21(28)19-13-16(27-33(29,30)18-6-4-3-5-7-18)8-9-20(19)32-17-11-14(22(24,25)26)10-15(23)12-17/h8-13,18,27H,2-7H2,1H3. The Balaban J connectivity index is 1.93. The first-order chi connectivity index (χ1) is 15.5. The van der Waals surface area contributed by atoms with Crippen molar-refractivity contribution in [2.24, 2.45) is 0 Å². The number of hydrogen-bond acceptors (Lipinski definition) is 5. The van der Waals surface area contributed by atoms with E-state index in [-0.39, 0.29) is 34.4 Å². The van der Waals surface area contributed by atoms with E-state index < -0.39 is 33.0 Å². The number of nitrogens with one attached hydrogen (secondary N) is 1. The molecule has 180 valence electrons. The summed E-state index contributed by atoms with van der Waals surface area (Å²) in [5, 5.41) is -0.727. The fraction of sp³-hybridized carbons (Fsp3) is 0.409. The maximum absolute atomic E-state index is 13.1. The molecular weight excluding hydrogens is 483 g/mol. The lowest BCUT2D eigenvalue weighted by atomic mass is 10.0. The van der Waals surface area contributed by atoms with E-state index in [2.05, 4.69) is 4.72 Å². The van der Waals surface area contributed by atoms with Gasteiger partial charge in [-0.1, -0.05) is 30.9 Å². The summed E-state index contributed by atoms with van der Waals surface area (Å²) in [5.41, 5.74) is -1.04. The van der Waals surface area contributed by atoms with Crippen molar-refractivity contribution in [2.75, 3.05) is 11.3 Å². The first-order valence-electron chi connectivity index (χ1n) is 10.4. The van der Waals surface area contributed by atoms with Gasteiger partial charge in [0.1, 0.15) is 17.1 Å². The molecule has 1 saturated carbocycles. The van der Waals surface area contributed by atoms with Gasteiger partial charge in [-0.2, -0.15) is 13.2 Å². The van der Waals surface area contributed by atoms with Gasteiger partial charge >= 0.3 is 12.1 Å². The summed E-state index contributed by atoms with van der Waals surface area (Å²) in [6.45, 7) is 1.62. The summed E-state index contributed by atoms with van der Waals surface area (Å²) in [4.78, 5) is 12.5. The Hall–Kier alpha value is -2.46. The number of alkyl halides is 3. The van der Waals surface area contributed by atoms with Crippen LogP contribution in [-0.4, -0.2) is 26.2 Å². The van der Waals surface area contributed by atoms with Crippen LogP contribution in [-0.2, 0) is 20.9 Å². The minimum Gasteiger partial charge on any atom is -0.462 e. The van der Waals surface area contributed by atoms with E-state index in [1.807, 2.05) is 0 Å². The Bertz CT molecular complexity index is 1120. The molecule has 1 aliphatic carbocycles. The third-order valence-corrected chi connectivity index (χ3v) is 7.24. The quantitative estimate of drug-likeness (QED) is 0.440. The van der Waals surface area contributed by atoms with Crippen LogP contribution in [0.25, 0.3) is 0 Å². The van der Waals surface area contributed by atoms with Crippen LogP contribution >= 0.6 is 11.6 Å². The summed E-state index contributed by atoms with van der Waals surface area (Å²) in [6.07, 6.45) is -0.897. The zero-order valence-electron chi connectivity index (χ0n) is 17.7. The Morgan fingerprint density at radius 2 is 1.82 bits per heavy atom. The van der Waals surface area contributed by atoms with E-state index in [0.717, 1.165) is 31.4 Å². The van der Waals surface area contributed by atoms with Gasteiger partial charge in [-0.05, 0) is 56.2 Å². The van der Waals surface area contributed by atoms with Gasteiger partial charge in [0.25, 0.3) is 0 Å². The summed E-state index contributed by atoms with van der Waals surface area (Å²) < 4.78 is 77.8. The lowest BCUT2D eigenvalue weighted by molar-refractivity contribution is -0.137. The zero-order chi connectivity index (χ0) is 24.2. The second-order valence-corrected chi connectivity index (χ2v) is 10.0. The van der Waals surface area contributed by atoms with Gasteiger partial charge in [0, 0.05) is 10.7 Å². The monoisotopic (exact) mass is 505 g/mol.